The average molecular weight is 836 g/mol. The maximum atomic E-state index is 14.1. The molecule has 9 rings (SSSR count). The Morgan fingerprint density at radius 3 is 2.35 bits per heavy atom. The first kappa shape index (κ1) is 42.2. The number of pyridine rings is 1. The Balaban J connectivity index is 0.894. The summed E-state index contributed by atoms with van der Waals surface area (Å²) in [5.41, 5.74) is 4.71. The summed E-state index contributed by atoms with van der Waals surface area (Å²) in [5.74, 6) is 0.868. The number of aromatic nitrogens is 1. The highest BCUT2D eigenvalue weighted by Gasteiger charge is 2.37. The number of aromatic amines is 1. The first-order chi connectivity index (χ1) is 30.3. The van der Waals surface area contributed by atoms with Gasteiger partial charge in [-0.3, -0.25) is 14.5 Å². The van der Waals surface area contributed by atoms with E-state index >= 15 is 0 Å². The number of phenolic OH excluding ortho intramolecular Hbond substituents is 1. The third kappa shape index (κ3) is 10.5. The molecule has 2 unspecified atom stereocenters. The van der Waals surface area contributed by atoms with E-state index < -0.39 is 18.2 Å². The molecule has 0 saturated carbocycles. The fourth-order valence-electron chi connectivity index (χ4n) is 8.61. The first-order valence-corrected chi connectivity index (χ1v) is 21.4. The average Bonchev–Trinajstić information content (AvgIpc) is 3.31. The number of hydrogen-bond acceptors (Lipinski definition) is 9. The van der Waals surface area contributed by atoms with Gasteiger partial charge >= 0.3 is 6.09 Å². The summed E-state index contributed by atoms with van der Waals surface area (Å²) in [6.07, 6.45) is 1.33. The molecule has 3 saturated heterocycles. The van der Waals surface area contributed by atoms with Gasteiger partial charge in [-0.05, 0) is 109 Å². The van der Waals surface area contributed by atoms with E-state index in [2.05, 4.69) is 20.5 Å². The Hall–Kier alpha value is -6.47. The molecule has 4 heterocycles. The van der Waals surface area contributed by atoms with Gasteiger partial charge in [-0.1, -0.05) is 91.0 Å². The van der Waals surface area contributed by atoms with Gasteiger partial charge in [0.15, 0.2) is 0 Å². The smallest absolute Gasteiger partial charge is 0.408 e. The van der Waals surface area contributed by atoms with Gasteiger partial charge in [0.1, 0.15) is 24.2 Å². The van der Waals surface area contributed by atoms with Crippen LogP contribution in [0.1, 0.15) is 69.6 Å². The SMILES string of the molecule is O=C(N[C@@H](c1ccccc1)c1cccc(OCc2cccc(C(=O)N(CCCNCC(O)c3ccc(O)c4[nH]c(=O)ccc34)Cc3ccccc3)c2)c1)OC1CN2CCC1CC2. The largest absolute Gasteiger partial charge is 0.506 e. The Kier molecular flexibility index (Phi) is 13.6. The lowest BCUT2D eigenvalue weighted by atomic mass is 9.86. The van der Waals surface area contributed by atoms with E-state index in [1.165, 1.54) is 12.1 Å². The second-order valence-electron chi connectivity index (χ2n) is 16.2. The maximum Gasteiger partial charge on any atom is 0.408 e. The molecule has 3 atom stereocenters. The molecule has 3 aliphatic heterocycles. The number of nitrogens with one attached hydrogen (secondary N) is 3. The van der Waals surface area contributed by atoms with Crippen molar-refractivity contribution in [1.82, 2.24) is 25.4 Å². The molecule has 2 bridgehead atoms. The lowest BCUT2D eigenvalue weighted by Crippen LogP contribution is -2.52. The number of carbonyl (C=O) groups is 2. The second-order valence-corrected chi connectivity index (χ2v) is 16.2. The van der Waals surface area contributed by atoms with E-state index in [0.717, 1.165) is 54.7 Å². The van der Waals surface area contributed by atoms with Gasteiger partial charge in [-0.25, -0.2) is 4.79 Å². The van der Waals surface area contributed by atoms with Crippen LogP contribution in [0.15, 0.2) is 138 Å². The molecule has 2 amide bonds. The van der Waals surface area contributed by atoms with E-state index in [0.29, 0.717) is 54.2 Å². The molecule has 3 fully saturated rings. The normalized spacial score (nSPS) is 17.9. The zero-order chi connectivity index (χ0) is 42.8. The summed E-state index contributed by atoms with van der Waals surface area (Å²) >= 11 is 0. The summed E-state index contributed by atoms with van der Waals surface area (Å²) < 4.78 is 12.3. The summed E-state index contributed by atoms with van der Waals surface area (Å²) in [5, 5.41) is 28.2. The third-order valence-electron chi connectivity index (χ3n) is 11.9. The Morgan fingerprint density at radius 2 is 1.58 bits per heavy atom. The van der Waals surface area contributed by atoms with Crippen LogP contribution in [0.3, 0.4) is 0 Å². The highest BCUT2D eigenvalue weighted by atomic mass is 16.6. The molecule has 5 N–H and O–H groups in total. The fraction of sp³-hybridized carbons (Fsp3) is 0.300. The number of amides is 2. The van der Waals surface area contributed by atoms with Gasteiger partial charge in [0.25, 0.3) is 5.91 Å². The number of H-pyrrole nitrogens is 1. The molecule has 12 heteroatoms. The van der Waals surface area contributed by atoms with Crippen molar-refractivity contribution >= 4 is 22.9 Å². The molecule has 1 aromatic heterocycles. The van der Waals surface area contributed by atoms with E-state index in [-0.39, 0.29) is 42.0 Å². The number of benzene rings is 5. The van der Waals surface area contributed by atoms with Crippen LogP contribution in [0, 0.1) is 5.92 Å². The van der Waals surface area contributed by atoms with Crippen molar-refractivity contribution in [3.05, 3.63) is 177 Å². The van der Waals surface area contributed by atoms with Gasteiger partial charge in [-0.2, -0.15) is 0 Å². The molecule has 0 radical (unpaired) electrons. The van der Waals surface area contributed by atoms with Gasteiger partial charge in [0, 0.05) is 43.2 Å². The first-order valence-electron chi connectivity index (χ1n) is 21.4. The number of ether oxygens (including phenoxy) is 2. The second kappa shape index (κ2) is 19.9. The summed E-state index contributed by atoms with van der Waals surface area (Å²) in [4.78, 5) is 46.2. The van der Waals surface area contributed by atoms with Crippen molar-refractivity contribution in [2.75, 3.05) is 39.3 Å². The van der Waals surface area contributed by atoms with Crippen molar-refractivity contribution in [2.45, 2.75) is 50.7 Å². The minimum Gasteiger partial charge on any atom is -0.506 e. The zero-order valence-electron chi connectivity index (χ0n) is 34.6. The van der Waals surface area contributed by atoms with E-state index in [1.807, 2.05) is 114 Å². The minimum atomic E-state index is -0.885. The highest BCUT2D eigenvalue weighted by molar-refractivity contribution is 5.94. The van der Waals surface area contributed by atoms with Gasteiger partial charge in [-0.15, -0.1) is 0 Å². The lowest BCUT2D eigenvalue weighted by Gasteiger charge is -2.43. The number of aliphatic hydroxyl groups is 1. The Labute approximate surface area is 361 Å². The van der Waals surface area contributed by atoms with Crippen LogP contribution >= 0.6 is 0 Å². The molecule has 0 aliphatic carbocycles. The number of nitrogens with zero attached hydrogens (tertiary/aromatic N) is 2. The summed E-state index contributed by atoms with van der Waals surface area (Å²) in [6, 6.07) is 40.5. The quantitative estimate of drug-likeness (QED) is 0.0607. The third-order valence-corrected chi connectivity index (χ3v) is 11.9. The molecule has 5 aromatic carbocycles. The molecular formula is C50H53N5O7. The van der Waals surface area contributed by atoms with Crippen molar-refractivity contribution in [3.63, 3.8) is 0 Å². The molecule has 320 valence electrons. The highest BCUT2D eigenvalue weighted by Crippen LogP contribution is 2.32. The number of aromatic hydroxyl groups is 1. The fourth-order valence-corrected chi connectivity index (χ4v) is 8.61. The number of phenols is 1. The van der Waals surface area contributed by atoms with Crippen LogP contribution in [-0.2, 0) is 17.9 Å². The van der Waals surface area contributed by atoms with Crippen LogP contribution in [0.4, 0.5) is 4.79 Å². The summed E-state index contributed by atoms with van der Waals surface area (Å²) in [7, 11) is 0. The predicted molar refractivity (Wildman–Crippen MR) is 238 cm³/mol. The van der Waals surface area contributed by atoms with Crippen molar-refractivity contribution in [1.29, 1.82) is 0 Å². The number of piperidine rings is 3. The van der Waals surface area contributed by atoms with Gasteiger partial charge in [0.05, 0.1) is 17.7 Å². The monoisotopic (exact) mass is 835 g/mol. The summed E-state index contributed by atoms with van der Waals surface area (Å²) in [6.45, 7) is 4.83. The van der Waals surface area contributed by atoms with Gasteiger partial charge < -0.3 is 40.2 Å². The Bertz CT molecular complexity index is 2510. The number of hydrogen-bond donors (Lipinski definition) is 5. The number of fused-ring (bicyclic) bond motifs is 4. The standard InChI is InChI=1S/C50H53N5O7/c56-43-20-18-41(42-19-21-46(58)52-48(42)43)44(57)30-51-24-9-25-55(31-34-10-3-1-4-11-34)49(59)39-16-7-12-35(28-39)33-61-40-17-8-15-38(29-40)47(37-13-5-2-6-14-37)53-50(60)62-45-32-54-26-22-36(45)23-27-54/h1-8,10-21,28-29,36,44-45,47,51,56-57H,9,22-27,30-33H2,(H,52,58)(H,53,60)/t44?,45?,47-/m0/s1. The van der Waals surface area contributed by atoms with Crippen LogP contribution < -0.4 is 20.9 Å². The predicted octanol–water partition coefficient (Wildman–Crippen LogP) is 7.08. The van der Waals surface area contributed by atoms with E-state index in [4.69, 9.17) is 9.47 Å². The van der Waals surface area contributed by atoms with Crippen molar-refractivity contribution in [3.8, 4) is 11.5 Å². The topological polar surface area (TPSA) is 156 Å². The van der Waals surface area contributed by atoms with E-state index in [1.54, 1.807) is 12.1 Å². The number of aliphatic hydroxyl groups excluding tert-OH is 1. The minimum absolute atomic E-state index is 0.0610. The van der Waals surface area contributed by atoms with Crippen LogP contribution in [0.2, 0.25) is 0 Å². The van der Waals surface area contributed by atoms with Crippen LogP contribution in [0.5, 0.6) is 11.5 Å². The zero-order valence-corrected chi connectivity index (χ0v) is 34.6. The van der Waals surface area contributed by atoms with E-state index in [9.17, 15) is 24.6 Å². The van der Waals surface area contributed by atoms with Crippen molar-refractivity contribution in [2.24, 2.45) is 5.92 Å². The Morgan fingerprint density at radius 1 is 0.839 bits per heavy atom. The maximum absolute atomic E-state index is 14.1. The molecule has 0 spiro atoms. The van der Waals surface area contributed by atoms with Crippen LogP contribution in [-0.4, -0.2) is 82.4 Å². The number of rotatable bonds is 17. The molecule has 62 heavy (non-hydrogen) atoms. The van der Waals surface area contributed by atoms with Crippen molar-refractivity contribution < 1.29 is 29.3 Å². The molecule has 6 aromatic rings. The molecule has 3 aliphatic rings. The number of alkyl carbamates (subject to hydrolysis) is 1. The molecule has 12 nitrogen and oxygen atoms in total. The number of carbonyl (C=O) groups excluding carboxylic acids is 2. The van der Waals surface area contributed by atoms with Gasteiger partial charge in [0.2, 0.25) is 5.56 Å². The molecular weight excluding hydrogens is 783 g/mol. The van der Waals surface area contributed by atoms with Crippen LogP contribution in [0.25, 0.3) is 10.9 Å². The lowest BCUT2D eigenvalue weighted by molar-refractivity contribution is -0.0336.